The molecule has 19 heavy (non-hydrogen) atoms. The van der Waals surface area contributed by atoms with E-state index in [4.69, 9.17) is 5.26 Å². The standard InChI is InChI=1S/C16H19N3/c1-3-18-13(2)16-5-4-10-19(16)12-15-8-6-14(11-17)7-9-15/h4-10,13,18H,3,12H2,1-2H3. The maximum absolute atomic E-state index is 8.80. The number of rotatable bonds is 5. The summed E-state index contributed by atoms with van der Waals surface area (Å²) in [6, 6.07) is 14.5. The van der Waals surface area contributed by atoms with Crippen molar-refractivity contribution in [3.05, 3.63) is 59.4 Å². The molecule has 1 aromatic heterocycles. The van der Waals surface area contributed by atoms with Crippen molar-refractivity contribution in [1.29, 1.82) is 5.26 Å². The van der Waals surface area contributed by atoms with E-state index in [1.54, 1.807) is 0 Å². The van der Waals surface area contributed by atoms with Gasteiger partial charge in [0, 0.05) is 24.5 Å². The van der Waals surface area contributed by atoms with Gasteiger partial charge in [-0.15, -0.1) is 0 Å². The van der Waals surface area contributed by atoms with Crippen molar-refractivity contribution in [2.75, 3.05) is 6.54 Å². The van der Waals surface area contributed by atoms with E-state index in [0.29, 0.717) is 11.6 Å². The van der Waals surface area contributed by atoms with Crippen LogP contribution in [0.4, 0.5) is 0 Å². The molecule has 0 bridgehead atoms. The van der Waals surface area contributed by atoms with E-state index in [2.05, 4.69) is 48.1 Å². The maximum atomic E-state index is 8.80. The summed E-state index contributed by atoms with van der Waals surface area (Å²) in [6.07, 6.45) is 2.10. The smallest absolute Gasteiger partial charge is 0.0991 e. The maximum Gasteiger partial charge on any atom is 0.0991 e. The number of aromatic nitrogens is 1. The Hall–Kier alpha value is -2.05. The Labute approximate surface area is 114 Å². The van der Waals surface area contributed by atoms with Gasteiger partial charge in [-0.1, -0.05) is 19.1 Å². The minimum atomic E-state index is 0.346. The number of benzene rings is 1. The fraction of sp³-hybridized carbons (Fsp3) is 0.312. The van der Waals surface area contributed by atoms with E-state index >= 15 is 0 Å². The molecule has 0 aliphatic heterocycles. The minimum absolute atomic E-state index is 0.346. The molecule has 0 aliphatic rings. The van der Waals surface area contributed by atoms with Crippen LogP contribution >= 0.6 is 0 Å². The third-order valence-electron chi connectivity index (χ3n) is 3.25. The molecule has 0 radical (unpaired) electrons. The molecule has 1 aromatic carbocycles. The molecule has 0 aliphatic carbocycles. The van der Waals surface area contributed by atoms with Gasteiger partial charge in [0.1, 0.15) is 0 Å². The fourth-order valence-electron chi connectivity index (χ4n) is 2.26. The summed E-state index contributed by atoms with van der Waals surface area (Å²) in [6.45, 7) is 6.09. The van der Waals surface area contributed by atoms with E-state index in [1.807, 2.05) is 24.3 Å². The third-order valence-corrected chi connectivity index (χ3v) is 3.25. The molecular weight excluding hydrogens is 234 g/mol. The molecule has 2 rings (SSSR count). The Morgan fingerprint density at radius 1 is 1.26 bits per heavy atom. The molecule has 0 saturated heterocycles. The van der Waals surface area contributed by atoms with Gasteiger partial charge in [0.25, 0.3) is 0 Å². The van der Waals surface area contributed by atoms with Crippen LogP contribution in [0.5, 0.6) is 0 Å². The summed E-state index contributed by atoms with van der Waals surface area (Å²) in [5, 5.41) is 12.2. The van der Waals surface area contributed by atoms with Crippen molar-refractivity contribution in [3.8, 4) is 6.07 Å². The predicted molar refractivity (Wildman–Crippen MR) is 76.8 cm³/mol. The van der Waals surface area contributed by atoms with Crippen molar-refractivity contribution >= 4 is 0 Å². The van der Waals surface area contributed by atoms with Gasteiger partial charge in [0.15, 0.2) is 0 Å². The average molecular weight is 253 g/mol. The van der Waals surface area contributed by atoms with Gasteiger partial charge in [-0.2, -0.15) is 5.26 Å². The molecule has 3 heteroatoms. The molecule has 98 valence electrons. The molecule has 3 nitrogen and oxygen atoms in total. The second-order valence-corrected chi connectivity index (χ2v) is 4.65. The molecule has 0 amide bonds. The normalized spacial score (nSPS) is 12.1. The lowest BCUT2D eigenvalue weighted by Gasteiger charge is -2.16. The van der Waals surface area contributed by atoms with Crippen molar-refractivity contribution < 1.29 is 0 Å². The van der Waals surface area contributed by atoms with Crippen LogP contribution in [-0.2, 0) is 6.54 Å². The van der Waals surface area contributed by atoms with Crippen LogP contribution in [0.3, 0.4) is 0 Å². The topological polar surface area (TPSA) is 40.8 Å². The highest BCUT2D eigenvalue weighted by molar-refractivity contribution is 5.32. The van der Waals surface area contributed by atoms with Gasteiger partial charge in [-0.25, -0.2) is 0 Å². The first-order valence-electron chi connectivity index (χ1n) is 6.62. The van der Waals surface area contributed by atoms with Crippen LogP contribution < -0.4 is 5.32 Å². The molecule has 1 atom stereocenters. The molecule has 0 fully saturated rings. The van der Waals surface area contributed by atoms with Crippen molar-refractivity contribution in [2.45, 2.75) is 26.4 Å². The van der Waals surface area contributed by atoms with Crippen LogP contribution in [0, 0.1) is 11.3 Å². The van der Waals surface area contributed by atoms with E-state index in [9.17, 15) is 0 Å². The first kappa shape index (κ1) is 13.4. The summed E-state index contributed by atoms with van der Waals surface area (Å²) in [4.78, 5) is 0. The van der Waals surface area contributed by atoms with Crippen LogP contribution in [0.2, 0.25) is 0 Å². The summed E-state index contributed by atoms with van der Waals surface area (Å²) < 4.78 is 2.24. The van der Waals surface area contributed by atoms with Crippen molar-refractivity contribution in [3.63, 3.8) is 0 Å². The van der Waals surface area contributed by atoms with Gasteiger partial charge in [-0.3, -0.25) is 0 Å². The Morgan fingerprint density at radius 3 is 2.63 bits per heavy atom. The van der Waals surface area contributed by atoms with E-state index in [0.717, 1.165) is 13.1 Å². The first-order chi connectivity index (χ1) is 9.24. The summed E-state index contributed by atoms with van der Waals surface area (Å²) in [5.41, 5.74) is 3.20. The van der Waals surface area contributed by atoms with Crippen molar-refractivity contribution in [1.82, 2.24) is 9.88 Å². The molecule has 0 saturated carbocycles. The van der Waals surface area contributed by atoms with E-state index in [-0.39, 0.29) is 0 Å². The van der Waals surface area contributed by atoms with Crippen molar-refractivity contribution in [2.24, 2.45) is 0 Å². The first-order valence-corrected chi connectivity index (χ1v) is 6.62. The molecule has 1 unspecified atom stereocenters. The fourth-order valence-corrected chi connectivity index (χ4v) is 2.26. The average Bonchev–Trinajstić information content (AvgIpc) is 2.88. The van der Waals surface area contributed by atoms with Crippen LogP contribution in [0.15, 0.2) is 42.6 Å². The monoisotopic (exact) mass is 253 g/mol. The third kappa shape index (κ3) is 3.24. The van der Waals surface area contributed by atoms with Gasteiger partial charge >= 0.3 is 0 Å². The highest BCUT2D eigenvalue weighted by Crippen LogP contribution is 2.15. The Morgan fingerprint density at radius 2 is 2.00 bits per heavy atom. The number of hydrogen-bond acceptors (Lipinski definition) is 2. The Kier molecular flexibility index (Phi) is 4.38. The molecular formula is C16H19N3. The van der Waals surface area contributed by atoms with Gasteiger partial charge < -0.3 is 9.88 Å². The number of nitrogens with zero attached hydrogens (tertiary/aromatic N) is 2. The molecule has 1 heterocycles. The SMILES string of the molecule is CCNC(C)c1cccn1Cc1ccc(C#N)cc1. The largest absolute Gasteiger partial charge is 0.346 e. The zero-order chi connectivity index (χ0) is 13.7. The lowest BCUT2D eigenvalue weighted by atomic mass is 10.1. The van der Waals surface area contributed by atoms with Gasteiger partial charge in [-0.05, 0) is 43.3 Å². The summed E-state index contributed by atoms with van der Waals surface area (Å²) >= 11 is 0. The number of hydrogen-bond donors (Lipinski definition) is 1. The number of nitriles is 1. The zero-order valence-corrected chi connectivity index (χ0v) is 11.4. The van der Waals surface area contributed by atoms with Crippen LogP contribution in [0.25, 0.3) is 0 Å². The molecule has 0 spiro atoms. The summed E-state index contributed by atoms with van der Waals surface area (Å²) in [7, 11) is 0. The summed E-state index contributed by atoms with van der Waals surface area (Å²) in [5.74, 6) is 0. The minimum Gasteiger partial charge on any atom is -0.346 e. The van der Waals surface area contributed by atoms with E-state index < -0.39 is 0 Å². The molecule has 2 aromatic rings. The predicted octanol–water partition coefficient (Wildman–Crippen LogP) is 3.08. The lowest BCUT2D eigenvalue weighted by molar-refractivity contribution is 0.553. The van der Waals surface area contributed by atoms with E-state index in [1.165, 1.54) is 11.3 Å². The number of nitrogens with one attached hydrogen (secondary N) is 1. The molecule has 1 N–H and O–H groups in total. The quantitative estimate of drug-likeness (QED) is 0.889. The highest BCUT2D eigenvalue weighted by Gasteiger charge is 2.08. The second-order valence-electron chi connectivity index (χ2n) is 4.65. The van der Waals surface area contributed by atoms with Crippen LogP contribution in [-0.4, -0.2) is 11.1 Å². The zero-order valence-electron chi connectivity index (χ0n) is 11.4. The Balaban J connectivity index is 2.14. The highest BCUT2D eigenvalue weighted by atomic mass is 15.0. The van der Waals surface area contributed by atoms with Gasteiger partial charge in [0.2, 0.25) is 0 Å². The van der Waals surface area contributed by atoms with Gasteiger partial charge in [0.05, 0.1) is 11.6 Å². The Bertz CT molecular complexity index is 560. The van der Waals surface area contributed by atoms with Crippen LogP contribution in [0.1, 0.15) is 36.7 Å². The lowest BCUT2D eigenvalue weighted by Crippen LogP contribution is -2.20. The second kappa shape index (κ2) is 6.21.